The van der Waals surface area contributed by atoms with E-state index in [1.165, 1.54) is 0 Å². The van der Waals surface area contributed by atoms with E-state index in [4.69, 9.17) is 0 Å². The molecule has 0 aromatic carbocycles. The van der Waals surface area contributed by atoms with Gasteiger partial charge in [0.25, 0.3) is 0 Å². The monoisotopic (exact) mass is 182 g/mol. The third-order valence-electron chi connectivity index (χ3n) is 2.83. The number of hydrogen-bond acceptors (Lipinski definition) is 2. The van der Waals surface area contributed by atoms with Crippen molar-refractivity contribution in [1.82, 2.24) is 9.80 Å². The first-order chi connectivity index (χ1) is 6.31. The van der Waals surface area contributed by atoms with Crippen LogP contribution >= 0.6 is 0 Å². The molecule has 4 heteroatoms. The van der Waals surface area contributed by atoms with Gasteiger partial charge in [-0.2, -0.15) is 0 Å². The molecule has 2 aliphatic rings. The van der Waals surface area contributed by atoms with Gasteiger partial charge >= 0.3 is 0 Å². The number of carbonyl (C=O) groups excluding carboxylic acids is 2. The highest BCUT2D eigenvalue weighted by Gasteiger charge is 2.35. The van der Waals surface area contributed by atoms with Crippen LogP contribution in [0.2, 0.25) is 0 Å². The number of hydrogen-bond donors (Lipinski definition) is 0. The number of nitrogens with zero attached hydrogens (tertiary/aromatic N) is 2. The predicted molar refractivity (Wildman–Crippen MR) is 46.9 cm³/mol. The lowest BCUT2D eigenvalue weighted by Crippen LogP contribution is -2.53. The van der Waals surface area contributed by atoms with E-state index in [9.17, 15) is 9.59 Å². The minimum absolute atomic E-state index is 0.0864. The van der Waals surface area contributed by atoms with Gasteiger partial charge in [-0.15, -0.1) is 0 Å². The van der Waals surface area contributed by atoms with E-state index < -0.39 is 0 Å². The Bertz CT molecular complexity index is 218. The van der Waals surface area contributed by atoms with Crippen molar-refractivity contribution in [2.45, 2.75) is 12.8 Å². The number of rotatable bonds is 2. The largest absolute Gasteiger partial charge is 0.344 e. The molecule has 2 heterocycles. The molecule has 0 spiro atoms. The van der Waals surface area contributed by atoms with Gasteiger partial charge in [0.1, 0.15) is 0 Å². The molecule has 0 aromatic rings. The molecule has 2 aliphatic heterocycles. The second kappa shape index (κ2) is 3.36. The summed E-state index contributed by atoms with van der Waals surface area (Å²) in [5, 5.41) is 0. The summed E-state index contributed by atoms with van der Waals surface area (Å²) in [5.74, 6) is 0.332. The van der Waals surface area contributed by atoms with E-state index in [1.807, 2.05) is 4.90 Å². The van der Waals surface area contributed by atoms with Crippen molar-refractivity contribution in [3.05, 3.63) is 0 Å². The Hall–Kier alpha value is -1.06. The zero-order valence-electron chi connectivity index (χ0n) is 7.61. The van der Waals surface area contributed by atoms with Crippen molar-refractivity contribution in [2.75, 3.05) is 26.2 Å². The van der Waals surface area contributed by atoms with Crippen LogP contribution in [-0.4, -0.2) is 48.3 Å². The third-order valence-corrected chi connectivity index (χ3v) is 2.83. The number of amides is 2. The molecule has 0 aliphatic carbocycles. The lowest BCUT2D eigenvalue weighted by molar-refractivity contribution is -0.142. The van der Waals surface area contributed by atoms with Gasteiger partial charge in [0.2, 0.25) is 12.3 Å². The zero-order chi connectivity index (χ0) is 9.26. The maximum atomic E-state index is 11.7. The number of carbonyl (C=O) groups is 2. The predicted octanol–water partition coefficient (Wildman–Crippen LogP) is -0.303. The molecule has 0 radical (unpaired) electrons. The summed E-state index contributed by atoms with van der Waals surface area (Å²) >= 11 is 0. The Balaban J connectivity index is 1.81. The van der Waals surface area contributed by atoms with E-state index in [1.54, 1.807) is 4.90 Å². The van der Waals surface area contributed by atoms with Crippen LogP contribution in [0.1, 0.15) is 12.8 Å². The van der Waals surface area contributed by atoms with Crippen molar-refractivity contribution in [1.29, 1.82) is 0 Å². The second-order valence-corrected chi connectivity index (χ2v) is 3.79. The van der Waals surface area contributed by atoms with Crippen LogP contribution in [0.4, 0.5) is 0 Å². The second-order valence-electron chi connectivity index (χ2n) is 3.79. The average Bonchev–Trinajstić information content (AvgIpc) is 2.53. The van der Waals surface area contributed by atoms with Gasteiger partial charge in [0.05, 0.1) is 5.92 Å². The summed E-state index contributed by atoms with van der Waals surface area (Å²) in [4.78, 5) is 25.5. The zero-order valence-corrected chi connectivity index (χ0v) is 7.61. The molecule has 72 valence electrons. The highest BCUT2D eigenvalue weighted by atomic mass is 16.2. The first kappa shape index (κ1) is 8.53. The fourth-order valence-electron chi connectivity index (χ4n) is 1.95. The molecule has 0 aromatic heterocycles. The molecular weight excluding hydrogens is 168 g/mol. The van der Waals surface area contributed by atoms with Gasteiger partial charge in [-0.1, -0.05) is 0 Å². The van der Waals surface area contributed by atoms with E-state index in [2.05, 4.69) is 0 Å². The SMILES string of the molecule is O=CN1CC(C(=O)N2CCCC2)C1. The maximum absolute atomic E-state index is 11.7. The van der Waals surface area contributed by atoms with Gasteiger partial charge < -0.3 is 9.80 Å². The van der Waals surface area contributed by atoms with E-state index in [0.717, 1.165) is 32.3 Å². The van der Waals surface area contributed by atoms with Gasteiger partial charge in [0.15, 0.2) is 0 Å². The Kier molecular flexibility index (Phi) is 2.20. The smallest absolute Gasteiger partial charge is 0.229 e. The number of likely N-dealkylation sites (tertiary alicyclic amines) is 2. The van der Waals surface area contributed by atoms with Crippen LogP contribution in [0.15, 0.2) is 0 Å². The Morgan fingerprint density at radius 3 is 2.38 bits per heavy atom. The van der Waals surface area contributed by atoms with E-state index >= 15 is 0 Å². The molecule has 2 fully saturated rings. The minimum Gasteiger partial charge on any atom is -0.344 e. The normalized spacial score (nSPS) is 23.1. The summed E-state index contributed by atoms with van der Waals surface area (Å²) in [6, 6.07) is 0. The molecule has 2 rings (SSSR count). The quantitative estimate of drug-likeness (QED) is 0.550. The fraction of sp³-hybridized carbons (Fsp3) is 0.778. The summed E-state index contributed by atoms with van der Waals surface area (Å²) in [5.41, 5.74) is 0. The van der Waals surface area contributed by atoms with Crippen LogP contribution < -0.4 is 0 Å². The van der Waals surface area contributed by atoms with Crippen LogP contribution in [0, 0.1) is 5.92 Å². The first-order valence-electron chi connectivity index (χ1n) is 4.79. The van der Waals surface area contributed by atoms with E-state index in [-0.39, 0.29) is 11.8 Å². The van der Waals surface area contributed by atoms with Crippen LogP contribution in [0.5, 0.6) is 0 Å². The molecule has 2 amide bonds. The topological polar surface area (TPSA) is 40.6 Å². The van der Waals surface area contributed by atoms with Crippen molar-refractivity contribution >= 4 is 12.3 Å². The Morgan fingerprint density at radius 1 is 1.23 bits per heavy atom. The summed E-state index contributed by atoms with van der Waals surface area (Å²) in [6.45, 7) is 3.07. The first-order valence-corrected chi connectivity index (χ1v) is 4.79. The standard InChI is InChI=1S/C9H14N2O2/c12-7-10-5-8(6-10)9(13)11-3-1-2-4-11/h7-8H,1-6H2. The Labute approximate surface area is 77.5 Å². The lowest BCUT2D eigenvalue weighted by atomic mass is 10.00. The molecule has 0 unspecified atom stereocenters. The molecule has 2 saturated heterocycles. The summed E-state index contributed by atoms with van der Waals surface area (Å²) in [6.07, 6.45) is 3.08. The van der Waals surface area contributed by atoms with Crippen LogP contribution in [0.25, 0.3) is 0 Å². The van der Waals surface area contributed by atoms with Crippen molar-refractivity contribution in [3.63, 3.8) is 0 Å². The third kappa shape index (κ3) is 1.53. The van der Waals surface area contributed by atoms with E-state index in [0.29, 0.717) is 13.1 Å². The van der Waals surface area contributed by atoms with Crippen LogP contribution in [-0.2, 0) is 9.59 Å². The minimum atomic E-state index is 0.0864. The molecule has 13 heavy (non-hydrogen) atoms. The molecular formula is C9H14N2O2. The van der Waals surface area contributed by atoms with Crippen LogP contribution in [0.3, 0.4) is 0 Å². The fourth-order valence-corrected chi connectivity index (χ4v) is 1.95. The highest BCUT2D eigenvalue weighted by Crippen LogP contribution is 2.19. The van der Waals surface area contributed by atoms with Crippen molar-refractivity contribution < 1.29 is 9.59 Å². The molecule has 0 saturated carbocycles. The lowest BCUT2D eigenvalue weighted by Gasteiger charge is -2.37. The van der Waals surface area contributed by atoms with Crippen molar-refractivity contribution in [2.24, 2.45) is 5.92 Å². The highest BCUT2D eigenvalue weighted by molar-refractivity contribution is 5.81. The molecule has 0 N–H and O–H groups in total. The summed E-state index contributed by atoms with van der Waals surface area (Å²) in [7, 11) is 0. The molecule has 4 nitrogen and oxygen atoms in total. The van der Waals surface area contributed by atoms with Gasteiger partial charge in [-0.25, -0.2) is 0 Å². The van der Waals surface area contributed by atoms with Gasteiger partial charge in [0, 0.05) is 26.2 Å². The average molecular weight is 182 g/mol. The Morgan fingerprint density at radius 2 is 1.85 bits per heavy atom. The maximum Gasteiger partial charge on any atom is 0.229 e. The van der Waals surface area contributed by atoms with Crippen molar-refractivity contribution in [3.8, 4) is 0 Å². The van der Waals surface area contributed by atoms with Gasteiger partial charge in [-0.3, -0.25) is 9.59 Å². The summed E-state index contributed by atoms with van der Waals surface area (Å²) < 4.78 is 0. The molecule has 0 bridgehead atoms. The van der Waals surface area contributed by atoms with Gasteiger partial charge in [-0.05, 0) is 12.8 Å². The molecule has 0 atom stereocenters.